The molecule has 0 unspecified atom stereocenters. The molecule has 0 bridgehead atoms. The summed E-state index contributed by atoms with van der Waals surface area (Å²) in [7, 11) is -0.300. The zero-order valence-electron chi connectivity index (χ0n) is 8.28. The molecule has 0 aromatic heterocycles. The largest absolute Gasteiger partial charge is 2.00 e. The molecule has 11 heavy (non-hydrogen) atoms. The van der Waals surface area contributed by atoms with E-state index in [-0.39, 0.29) is 49.3 Å². The minimum Gasteiger partial charge on any atom is -1.00 e. The van der Waals surface area contributed by atoms with Crippen LogP contribution in [-0.4, -0.2) is 37.7 Å². The molecule has 0 saturated carbocycles. The Morgan fingerprint density at radius 1 is 1.45 bits per heavy atom. The zero-order valence-corrected chi connectivity index (χ0v) is 9.38. The Balaban J connectivity index is -0.000000333. The third-order valence-corrected chi connectivity index (χ3v) is 1.50. The third kappa shape index (κ3) is 3.52. The Morgan fingerprint density at radius 3 is 2.64 bits per heavy atom. The van der Waals surface area contributed by atoms with E-state index < -0.39 is 0 Å². The van der Waals surface area contributed by atoms with E-state index in [4.69, 9.17) is 4.52 Å². The molecule has 0 spiro atoms. The average Bonchev–Trinajstić information content (AvgIpc) is 1.94. The second kappa shape index (κ2) is 5.96. The van der Waals surface area contributed by atoms with Crippen molar-refractivity contribution in [2.24, 2.45) is 0 Å². The number of rotatable bonds is 2. The SMILES string of the molecule is Cc1ccccc1OP=O.[Ca+2].[H-].[H-]. The van der Waals surface area contributed by atoms with Crippen LogP contribution in [0.4, 0.5) is 0 Å². The van der Waals surface area contributed by atoms with E-state index in [0.29, 0.717) is 5.75 Å². The van der Waals surface area contributed by atoms with Gasteiger partial charge in [-0.05, 0) is 18.6 Å². The van der Waals surface area contributed by atoms with Gasteiger partial charge in [0.2, 0.25) is 0 Å². The van der Waals surface area contributed by atoms with E-state index in [1.54, 1.807) is 6.07 Å². The first-order valence-electron chi connectivity index (χ1n) is 2.90. The van der Waals surface area contributed by atoms with E-state index in [1.165, 1.54) is 0 Å². The van der Waals surface area contributed by atoms with Gasteiger partial charge in [-0.3, -0.25) is 0 Å². The van der Waals surface area contributed by atoms with Gasteiger partial charge in [0.25, 0.3) is 0 Å². The Bertz CT molecular complexity index is 248. The topological polar surface area (TPSA) is 26.3 Å². The van der Waals surface area contributed by atoms with Gasteiger partial charge in [-0.15, -0.1) is 0 Å². The first-order valence-corrected chi connectivity index (χ1v) is 3.63. The fraction of sp³-hybridized carbons (Fsp3) is 0.143. The minimum atomic E-state index is -0.300. The summed E-state index contributed by atoms with van der Waals surface area (Å²) in [6.45, 7) is 1.90. The summed E-state index contributed by atoms with van der Waals surface area (Å²) in [6.07, 6.45) is 0. The van der Waals surface area contributed by atoms with Crippen molar-refractivity contribution in [1.82, 2.24) is 0 Å². The van der Waals surface area contributed by atoms with E-state index in [2.05, 4.69) is 0 Å². The van der Waals surface area contributed by atoms with Crippen molar-refractivity contribution in [3.05, 3.63) is 29.8 Å². The molecule has 4 heteroatoms. The summed E-state index contributed by atoms with van der Waals surface area (Å²) in [5, 5.41) is 0. The number of para-hydroxylation sites is 1. The Kier molecular flexibility index (Phi) is 6.16. The normalized spacial score (nSPS) is 8.82. The molecule has 1 aromatic carbocycles. The van der Waals surface area contributed by atoms with Gasteiger partial charge in [-0.25, -0.2) is 4.57 Å². The van der Waals surface area contributed by atoms with Crippen molar-refractivity contribution in [2.45, 2.75) is 6.92 Å². The Labute approximate surface area is 100 Å². The van der Waals surface area contributed by atoms with Crippen LogP contribution in [0.2, 0.25) is 0 Å². The fourth-order valence-electron chi connectivity index (χ4n) is 0.699. The zero-order chi connectivity index (χ0) is 7.40. The maximum absolute atomic E-state index is 10.0. The molecule has 2 nitrogen and oxygen atoms in total. The summed E-state index contributed by atoms with van der Waals surface area (Å²) in [5.41, 5.74) is 0.992. The van der Waals surface area contributed by atoms with Crippen LogP contribution in [0.25, 0.3) is 0 Å². The Morgan fingerprint density at radius 2 is 2.09 bits per heavy atom. The molecule has 1 aromatic rings. The van der Waals surface area contributed by atoms with Crippen LogP contribution in [-0.2, 0) is 4.57 Å². The van der Waals surface area contributed by atoms with E-state index in [1.807, 2.05) is 25.1 Å². The van der Waals surface area contributed by atoms with Crippen LogP contribution in [0.15, 0.2) is 24.3 Å². The average molecular weight is 196 g/mol. The van der Waals surface area contributed by atoms with Gasteiger partial charge in [0, 0.05) is 0 Å². The first-order chi connectivity index (χ1) is 4.84. The van der Waals surface area contributed by atoms with Crippen molar-refractivity contribution in [3.8, 4) is 5.75 Å². The number of aryl methyl sites for hydroxylation is 1. The number of benzene rings is 1. The quantitative estimate of drug-likeness (QED) is 0.536. The molecular weight excluding hydrogens is 187 g/mol. The molecule has 0 N–H and O–H groups in total. The molecule has 56 valence electrons. The van der Waals surface area contributed by atoms with Gasteiger partial charge in [-0.1, -0.05) is 18.2 Å². The summed E-state index contributed by atoms with van der Waals surface area (Å²) in [4.78, 5) is 0. The molecule has 0 radical (unpaired) electrons. The summed E-state index contributed by atoms with van der Waals surface area (Å²) >= 11 is 0. The first kappa shape index (κ1) is 11.4. The molecule has 0 heterocycles. The predicted octanol–water partition coefficient (Wildman–Crippen LogP) is 2.42. The van der Waals surface area contributed by atoms with Gasteiger partial charge < -0.3 is 7.38 Å². The smallest absolute Gasteiger partial charge is 1.00 e. The summed E-state index contributed by atoms with van der Waals surface area (Å²) in [6, 6.07) is 7.43. The maximum Gasteiger partial charge on any atom is 2.00 e. The van der Waals surface area contributed by atoms with E-state index in [9.17, 15) is 4.57 Å². The van der Waals surface area contributed by atoms with Crippen LogP contribution in [0, 0.1) is 6.92 Å². The van der Waals surface area contributed by atoms with Gasteiger partial charge in [0.15, 0.2) is 0 Å². The summed E-state index contributed by atoms with van der Waals surface area (Å²) in [5.74, 6) is 0.666. The van der Waals surface area contributed by atoms with Gasteiger partial charge in [0.1, 0.15) is 5.75 Å². The monoisotopic (exact) mass is 196 g/mol. The van der Waals surface area contributed by atoms with Gasteiger partial charge in [-0.2, -0.15) is 0 Å². The van der Waals surface area contributed by atoms with Crippen LogP contribution >= 0.6 is 8.69 Å². The van der Waals surface area contributed by atoms with Gasteiger partial charge >= 0.3 is 46.4 Å². The van der Waals surface area contributed by atoms with Crippen LogP contribution in [0.5, 0.6) is 5.75 Å². The molecule has 0 atom stereocenters. The van der Waals surface area contributed by atoms with Crippen molar-refractivity contribution >= 4 is 46.4 Å². The van der Waals surface area contributed by atoms with Crippen LogP contribution in [0.1, 0.15) is 8.42 Å². The molecule has 0 aliphatic heterocycles. The molecule has 0 aliphatic carbocycles. The van der Waals surface area contributed by atoms with Crippen molar-refractivity contribution < 1.29 is 11.9 Å². The second-order valence-corrected chi connectivity index (χ2v) is 2.26. The van der Waals surface area contributed by atoms with E-state index >= 15 is 0 Å². The summed E-state index contributed by atoms with van der Waals surface area (Å²) < 4.78 is 14.8. The molecule has 0 saturated heterocycles. The maximum atomic E-state index is 10.0. The van der Waals surface area contributed by atoms with Crippen molar-refractivity contribution in [1.29, 1.82) is 0 Å². The molecule has 0 amide bonds. The number of hydrogen-bond donors (Lipinski definition) is 0. The molecular formula is C7H9CaO2P. The van der Waals surface area contributed by atoms with E-state index in [0.717, 1.165) is 5.56 Å². The molecule has 0 fully saturated rings. The molecule has 0 aliphatic rings. The van der Waals surface area contributed by atoms with Gasteiger partial charge in [0.05, 0.1) is 0 Å². The standard InChI is InChI=1S/C7H7O2P.Ca.2H/c1-6-4-2-3-5-7(6)9-10-8;;;/h2-5H,1H3;;;/q;+2;2*-1. The van der Waals surface area contributed by atoms with Crippen LogP contribution in [0.3, 0.4) is 0 Å². The molecule has 1 rings (SSSR count). The third-order valence-electron chi connectivity index (χ3n) is 1.23. The predicted molar refractivity (Wildman–Crippen MR) is 47.4 cm³/mol. The van der Waals surface area contributed by atoms with Crippen molar-refractivity contribution in [2.75, 3.05) is 0 Å². The van der Waals surface area contributed by atoms with Crippen LogP contribution < -0.4 is 4.52 Å². The fourth-order valence-corrected chi connectivity index (χ4v) is 0.984. The van der Waals surface area contributed by atoms with Crippen molar-refractivity contribution in [3.63, 3.8) is 0 Å². The minimum absolute atomic E-state index is 0. The second-order valence-electron chi connectivity index (χ2n) is 1.93. The number of hydrogen-bond acceptors (Lipinski definition) is 2. The Hall–Kier alpha value is 0.380.